The van der Waals surface area contributed by atoms with Crippen LogP contribution < -0.4 is 4.90 Å². The molecule has 0 saturated heterocycles. The number of carbonyl (C=O) groups is 3. The average Bonchev–Trinajstić information content (AvgIpc) is 2.90. The van der Waals surface area contributed by atoms with Gasteiger partial charge in [0.05, 0.1) is 40.1 Å². The number of alkyl halides is 3. The Balaban J connectivity index is 1.93. The minimum Gasteiger partial charge on any atom is -0.478 e. The first kappa shape index (κ1) is 26.9. The van der Waals surface area contributed by atoms with Crippen LogP contribution >= 0.6 is 0 Å². The highest BCUT2D eigenvalue weighted by Gasteiger charge is 2.43. The maximum absolute atomic E-state index is 14.0. The Hall–Kier alpha value is -5.11. The molecule has 1 unspecified atom stereocenters. The van der Waals surface area contributed by atoms with Gasteiger partial charge in [-0.3, -0.25) is 4.90 Å². The number of benzene rings is 3. The predicted octanol–water partition coefficient (Wildman–Crippen LogP) is 5.82. The van der Waals surface area contributed by atoms with Crippen LogP contribution in [-0.4, -0.2) is 33.1 Å². The van der Waals surface area contributed by atoms with Gasteiger partial charge in [0, 0.05) is 12.2 Å². The summed E-state index contributed by atoms with van der Waals surface area (Å²) in [4.78, 5) is 40.1. The number of carbonyl (C=O) groups excluding carboxylic acids is 1. The highest BCUT2D eigenvalue weighted by atomic mass is 19.4. The SMILES string of the molecule is CC1=C(C(=O)O)C(c2ccc(C#N)cc2)N(Cc2cccc(C(=O)O)c2)C(=O)N1c1cccc(C(F)(F)F)c1. The molecular weight excluding hydrogens is 515 g/mol. The molecule has 8 nitrogen and oxygen atoms in total. The van der Waals surface area contributed by atoms with Gasteiger partial charge in [0.25, 0.3) is 0 Å². The maximum atomic E-state index is 14.0. The second kappa shape index (κ2) is 10.3. The lowest BCUT2D eigenvalue weighted by molar-refractivity contribution is -0.137. The fraction of sp³-hybridized carbons (Fsp3) is 0.143. The van der Waals surface area contributed by atoms with Gasteiger partial charge >= 0.3 is 24.1 Å². The highest BCUT2D eigenvalue weighted by Crippen LogP contribution is 2.41. The lowest BCUT2D eigenvalue weighted by atomic mass is 9.91. The summed E-state index contributed by atoms with van der Waals surface area (Å²) in [6.07, 6.45) is -4.70. The van der Waals surface area contributed by atoms with E-state index in [1.54, 1.807) is 6.07 Å². The quantitative estimate of drug-likeness (QED) is 0.410. The van der Waals surface area contributed by atoms with Gasteiger partial charge in [-0.15, -0.1) is 0 Å². The molecule has 11 heteroatoms. The minimum atomic E-state index is -4.70. The van der Waals surface area contributed by atoms with Crippen molar-refractivity contribution >= 4 is 23.7 Å². The van der Waals surface area contributed by atoms with E-state index in [0.29, 0.717) is 16.7 Å². The van der Waals surface area contributed by atoms with Crippen molar-refractivity contribution in [3.63, 3.8) is 0 Å². The number of anilines is 1. The third-order valence-corrected chi connectivity index (χ3v) is 6.29. The second-order valence-electron chi connectivity index (χ2n) is 8.74. The summed E-state index contributed by atoms with van der Waals surface area (Å²) in [6, 6.07) is 15.5. The van der Waals surface area contributed by atoms with Crippen molar-refractivity contribution in [3.05, 3.63) is 112 Å². The number of nitriles is 1. The number of urea groups is 1. The van der Waals surface area contributed by atoms with Crippen LogP contribution in [0.3, 0.4) is 0 Å². The van der Waals surface area contributed by atoms with Gasteiger partial charge in [0.2, 0.25) is 0 Å². The number of carboxylic acid groups (broad SMARTS) is 2. The van der Waals surface area contributed by atoms with E-state index in [4.69, 9.17) is 5.26 Å². The Morgan fingerprint density at radius 1 is 0.974 bits per heavy atom. The van der Waals surface area contributed by atoms with Gasteiger partial charge in [0.15, 0.2) is 0 Å². The zero-order valence-corrected chi connectivity index (χ0v) is 20.3. The molecule has 0 radical (unpaired) electrons. The molecular formula is C28H20F3N3O5. The number of allylic oxidation sites excluding steroid dienone is 1. The van der Waals surface area contributed by atoms with Gasteiger partial charge in [-0.2, -0.15) is 18.4 Å². The number of hydrogen-bond donors (Lipinski definition) is 2. The topological polar surface area (TPSA) is 122 Å². The fourth-order valence-corrected chi connectivity index (χ4v) is 4.50. The molecule has 1 heterocycles. The molecule has 198 valence electrons. The lowest BCUT2D eigenvalue weighted by Crippen LogP contribution is -2.50. The summed E-state index contributed by atoms with van der Waals surface area (Å²) in [5.74, 6) is -2.62. The van der Waals surface area contributed by atoms with E-state index >= 15 is 0 Å². The molecule has 4 rings (SSSR count). The van der Waals surface area contributed by atoms with Crippen LogP contribution in [0.1, 0.15) is 45.6 Å². The van der Waals surface area contributed by atoms with Crippen LogP contribution in [0.2, 0.25) is 0 Å². The number of halogens is 3. The van der Waals surface area contributed by atoms with Crippen molar-refractivity contribution in [1.29, 1.82) is 5.26 Å². The first-order valence-electron chi connectivity index (χ1n) is 11.5. The number of nitrogens with zero attached hydrogens (tertiary/aromatic N) is 3. The van der Waals surface area contributed by atoms with Crippen molar-refractivity contribution in [2.24, 2.45) is 0 Å². The monoisotopic (exact) mass is 535 g/mol. The van der Waals surface area contributed by atoms with Gasteiger partial charge in [-0.25, -0.2) is 14.4 Å². The molecule has 0 saturated carbocycles. The zero-order chi connectivity index (χ0) is 28.5. The fourth-order valence-electron chi connectivity index (χ4n) is 4.50. The van der Waals surface area contributed by atoms with Crippen molar-refractivity contribution in [1.82, 2.24) is 4.90 Å². The molecule has 0 aromatic heterocycles. The number of carboxylic acids is 2. The van der Waals surface area contributed by atoms with Gasteiger partial charge < -0.3 is 15.1 Å². The molecule has 0 aliphatic carbocycles. The Morgan fingerprint density at radius 2 is 1.64 bits per heavy atom. The van der Waals surface area contributed by atoms with E-state index in [2.05, 4.69) is 0 Å². The van der Waals surface area contributed by atoms with Gasteiger partial charge in [-0.1, -0.05) is 30.3 Å². The standard InChI is InChI=1S/C28H20F3N3O5/c1-16-23(26(37)38)24(19-10-8-17(14-32)9-11-19)33(15-18-4-2-5-20(12-18)25(35)36)27(39)34(16)22-7-3-6-21(13-22)28(29,30)31/h2-13,24H,15H2,1H3,(H,35,36)(H,37,38). The maximum Gasteiger partial charge on any atom is 0.416 e. The first-order valence-corrected chi connectivity index (χ1v) is 11.5. The number of aromatic carboxylic acids is 1. The number of amides is 2. The minimum absolute atomic E-state index is 0.0632. The van der Waals surface area contributed by atoms with Crippen LogP contribution in [-0.2, 0) is 17.5 Å². The Kier molecular flexibility index (Phi) is 7.14. The molecule has 0 bridgehead atoms. The molecule has 0 spiro atoms. The van der Waals surface area contributed by atoms with E-state index in [-0.39, 0.29) is 29.1 Å². The van der Waals surface area contributed by atoms with Crippen molar-refractivity contribution < 1.29 is 37.8 Å². The van der Waals surface area contributed by atoms with Crippen molar-refractivity contribution in [3.8, 4) is 6.07 Å². The van der Waals surface area contributed by atoms with E-state index in [0.717, 1.165) is 28.0 Å². The summed E-state index contributed by atoms with van der Waals surface area (Å²) in [5, 5.41) is 28.8. The molecule has 1 aliphatic rings. The lowest BCUT2D eigenvalue weighted by Gasteiger charge is -2.42. The van der Waals surface area contributed by atoms with Crippen LogP contribution in [0.4, 0.5) is 23.7 Å². The zero-order valence-electron chi connectivity index (χ0n) is 20.3. The van der Waals surface area contributed by atoms with Crippen LogP contribution in [0.25, 0.3) is 0 Å². The largest absolute Gasteiger partial charge is 0.478 e. The number of rotatable bonds is 6. The number of hydrogen-bond acceptors (Lipinski definition) is 4. The predicted molar refractivity (Wildman–Crippen MR) is 132 cm³/mol. The van der Waals surface area contributed by atoms with E-state index in [9.17, 15) is 37.8 Å². The van der Waals surface area contributed by atoms with E-state index in [1.165, 1.54) is 55.5 Å². The molecule has 39 heavy (non-hydrogen) atoms. The molecule has 2 amide bonds. The smallest absolute Gasteiger partial charge is 0.416 e. The van der Waals surface area contributed by atoms with Crippen LogP contribution in [0.15, 0.2) is 84.1 Å². The first-order chi connectivity index (χ1) is 18.4. The van der Waals surface area contributed by atoms with Crippen molar-refractivity contribution in [2.45, 2.75) is 25.7 Å². The van der Waals surface area contributed by atoms with Crippen LogP contribution in [0.5, 0.6) is 0 Å². The van der Waals surface area contributed by atoms with Crippen molar-refractivity contribution in [2.75, 3.05) is 4.90 Å². The average molecular weight is 535 g/mol. The molecule has 3 aromatic carbocycles. The van der Waals surface area contributed by atoms with Crippen LogP contribution in [0, 0.1) is 11.3 Å². The second-order valence-corrected chi connectivity index (χ2v) is 8.74. The molecule has 0 fully saturated rings. The van der Waals surface area contributed by atoms with Gasteiger partial charge in [0.1, 0.15) is 0 Å². The highest BCUT2D eigenvalue weighted by molar-refractivity contribution is 6.02. The summed E-state index contributed by atoms with van der Waals surface area (Å²) in [7, 11) is 0. The Labute approximate surface area is 220 Å². The normalized spacial score (nSPS) is 15.8. The molecule has 2 N–H and O–H groups in total. The Morgan fingerprint density at radius 3 is 2.23 bits per heavy atom. The molecule has 3 aromatic rings. The van der Waals surface area contributed by atoms with E-state index < -0.39 is 35.8 Å². The van der Waals surface area contributed by atoms with E-state index in [1.807, 2.05) is 6.07 Å². The summed E-state index contributed by atoms with van der Waals surface area (Å²) >= 11 is 0. The Bertz CT molecular complexity index is 1540. The van der Waals surface area contributed by atoms with Gasteiger partial charge in [-0.05, 0) is 60.5 Å². The molecule has 1 aliphatic heterocycles. The summed E-state index contributed by atoms with van der Waals surface area (Å²) in [5.41, 5.74) is -0.632. The summed E-state index contributed by atoms with van der Waals surface area (Å²) in [6.45, 7) is 1.07. The third kappa shape index (κ3) is 5.31. The third-order valence-electron chi connectivity index (χ3n) is 6.29. The molecule has 1 atom stereocenters. The summed E-state index contributed by atoms with van der Waals surface area (Å²) < 4.78 is 40.4. The number of aliphatic carboxylic acids is 1.